The summed E-state index contributed by atoms with van der Waals surface area (Å²) in [5.41, 5.74) is 0.703. The number of aryl methyl sites for hydroxylation is 1. The summed E-state index contributed by atoms with van der Waals surface area (Å²) >= 11 is 30.3. The number of imide groups is 1. The fourth-order valence-electron chi connectivity index (χ4n) is 3.47. The maximum atomic E-state index is 13.1. The first-order chi connectivity index (χ1) is 15.9. The van der Waals surface area contributed by atoms with Crippen molar-refractivity contribution in [3.8, 4) is 0 Å². The largest absolute Gasteiger partial charge is 0.454 e. The summed E-state index contributed by atoms with van der Waals surface area (Å²) in [4.78, 5) is 52.1. The molecule has 1 aliphatic heterocycles. The first kappa shape index (κ1) is 26.6. The first-order valence-electron chi connectivity index (χ1n) is 9.83. The Labute approximate surface area is 220 Å². The third-order valence-electron chi connectivity index (χ3n) is 5.09. The lowest BCUT2D eigenvalue weighted by molar-refractivity contribution is -0.152. The van der Waals surface area contributed by atoms with E-state index >= 15 is 0 Å². The van der Waals surface area contributed by atoms with E-state index in [1.165, 1.54) is 0 Å². The highest BCUT2D eigenvalue weighted by molar-refractivity contribution is 6.55. The van der Waals surface area contributed by atoms with Crippen molar-refractivity contribution in [3.63, 3.8) is 0 Å². The summed E-state index contributed by atoms with van der Waals surface area (Å²) in [6.45, 7) is 4.32. The zero-order chi connectivity index (χ0) is 25.5. The Hall–Kier alpha value is -2.03. The molecule has 0 aliphatic carbocycles. The number of nitrogens with zero attached hydrogens (tertiary/aromatic N) is 1. The number of nitrogens with one attached hydrogen (secondary N) is 1. The minimum Gasteiger partial charge on any atom is -0.454 e. The van der Waals surface area contributed by atoms with Crippen LogP contribution in [0, 0.1) is 12.8 Å². The second kappa shape index (κ2) is 10.3. The molecule has 0 unspecified atom stereocenters. The van der Waals surface area contributed by atoms with E-state index in [1.807, 2.05) is 0 Å². The molecule has 2 aromatic carbocycles. The van der Waals surface area contributed by atoms with Gasteiger partial charge in [-0.3, -0.25) is 19.3 Å². The molecule has 0 radical (unpaired) electrons. The van der Waals surface area contributed by atoms with E-state index < -0.39 is 42.3 Å². The number of hydrogen-bond acceptors (Lipinski definition) is 5. The maximum absolute atomic E-state index is 13.1. The SMILES string of the molecule is Cc1cc(Cl)ccc1NC(=O)COC(=O)[C@@H](C(C)C)N1C(=O)c2c(Cl)c(Cl)c(Cl)c(Cl)c2C1=O. The van der Waals surface area contributed by atoms with Crippen molar-refractivity contribution >= 4 is 87.4 Å². The highest BCUT2D eigenvalue weighted by Gasteiger charge is 2.48. The zero-order valence-electron chi connectivity index (χ0n) is 18.0. The molecular formula is C22H17Cl5N2O5. The Morgan fingerprint density at radius 2 is 1.47 bits per heavy atom. The van der Waals surface area contributed by atoms with Gasteiger partial charge in [0.2, 0.25) is 0 Å². The van der Waals surface area contributed by atoms with Gasteiger partial charge in [0, 0.05) is 10.7 Å². The summed E-state index contributed by atoms with van der Waals surface area (Å²) in [5, 5.41) is 2.23. The topological polar surface area (TPSA) is 92.8 Å². The molecule has 12 heteroatoms. The van der Waals surface area contributed by atoms with Gasteiger partial charge < -0.3 is 10.1 Å². The number of amides is 3. The van der Waals surface area contributed by atoms with Crippen LogP contribution in [0.3, 0.4) is 0 Å². The molecule has 0 spiro atoms. The van der Waals surface area contributed by atoms with Crippen molar-refractivity contribution in [3.05, 3.63) is 60.0 Å². The summed E-state index contributed by atoms with van der Waals surface area (Å²) in [6.07, 6.45) is 0. The van der Waals surface area contributed by atoms with Gasteiger partial charge in [0.15, 0.2) is 6.61 Å². The summed E-state index contributed by atoms with van der Waals surface area (Å²) in [7, 11) is 0. The van der Waals surface area contributed by atoms with Crippen molar-refractivity contribution in [2.24, 2.45) is 5.92 Å². The lowest BCUT2D eigenvalue weighted by atomic mass is 10.0. The van der Waals surface area contributed by atoms with Gasteiger partial charge in [-0.25, -0.2) is 4.79 Å². The fraction of sp³-hybridized carbons (Fsp3) is 0.273. The van der Waals surface area contributed by atoms with E-state index in [9.17, 15) is 19.2 Å². The predicted octanol–water partition coefficient (Wildman–Crippen LogP) is 6.06. The van der Waals surface area contributed by atoms with Crippen molar-refractivity contribution in [2.75, 3.05) is 11.9 Å². The van der Waals surface area contributed by atoms with E-state index in [0.717, 1.165) is 0 Å². The van der Waals surface area contributed by atoms with E-state index in [4.69, 9.17) is 62.7 Å². The van der Waals surface area contributed by atoms with Gasteiger partial charge in [0.05, 0.1) is 31.2 Å². The second-order valence-corrected chi connectivity index (χ2v) is 9.74. The van der Waals surface area contributed by atoms with Crippen LogP contribution in [0.15, 0.2) is 18.2 Å². The van der Waals surface area contributed by atoms with Crippen LogP contribution in [0.1, 0.15) is 40.1 Å². The number of fused-ring (bicyclic) bond motifs is 1. The van der Waals surface area contributed by atoms with Crippen LogP contribution in [0.2, 0.25) is 25.1 Å². The molecule has 2 aromatic rings. The lowest BCUT2D eigenvalue weighted by Crippen LogP contribution is -2.49. The van der Waals surface area contributed by atoms with Crippen LogP contribution < -0.4 is 5.32 Å². The molecular weight excluding hydrogens is 550 g/mol. The molecule has 3 amide bonds. The molecule has 0 bridgehead atoms. The molecule has 180 valence electrons. The molecule has 1 heterocycles. The van der Waals surface area contributed by atoms with E-state index in [2.05, 4.69) is 5.32 Å². The Balaban J connectivity index is 1.81. The fourth-order valence-corrected chi connectivity index (χ4v) is 4.71. The van der Waals surface area contributed by atoms with Gasteiger partial charge >= 0.3 is 5.97 Å². The number of rotatable bonds is 6. The number of anilines is 1. The van der Waals surface area contributed by atoms with E-state index in [0.29, 0.717) is 21.2 Å². The van der Waals surface area contributed by atoms with Crippen molar-refractivity contribution in [2.45, 2.75) is 26.8 Å². The second-order valence-electron chi connectivity index (χ2n) is 7.79. The van der Waals surface area contributed by atoms with E-state index in [1.54, 1.807) is 39.0 Å². The molecule has 0 saturated carbocycles. The number of halogens is 5. The predicted molar refractivity (Wildman–Crippen MR) is 131 cm³/mol. The Bertz CT molecular complexity index is 1180. The number of ether oxygens (including phenoxy) is 1. The molecule has 0 fully saturated rings. The first-order valence-corrected chi connectivity index (χ1v) is 11.7. The highest BCUT2D eigenvalue weighted by atomic mass is 35.5. The summed E-state index contributed by atoms with van der Waals surface area (Å²) in [5.74, 6) is -3.89. The third-order valence-corrected chi connectivity index (χ3v) is 7.13. The Kier molecular flexibility index (Phi) is 8.05. The van der Waals surface area contributed by atoms with Crippen molar-refractivity contribution in [1.29, 1.82) is 0 Å². The van der Waals surface area contributed by atoms with Crippen LogP contribution in [0.4, 0.5) is 5.69 Å². The summed E-state index contributed by atoms with van der Waals surface area (Å²) < 4.78 is 5.14. The molecule has 1 N–H and O–H groups in total. The van der Waals surface area contributed by atoms with Crippen LogP contribution >= 0.6 is 58.0 Å². The van der Waals surface area contributed by atoms with Gasteiger partial charge in [-0.1, -0.05) is 71.9 Å². The van der Waals surface area contributed by atoms with Crippen LogP contribution in [0.25, 0.3) is 0 Å². The zero-order valence-corrected chi connectivity index (χ0v) is 21.8. The Morgan fingerprint density at radius 3 is 1.94 bits per heavy atom. The number of esters is 1. The minimum atomic E-state index is -1.36. The van der Waals surface area contributed by atoms with Crippen LogP contribution in [0.5, 0.6) is 0 Å². The van der Waals surface area contributed by atoms with Gasteiger partial charge in [0.1, 0.15) is 6.04 Å². The van der Waals surface area contributed by atoms with E-state index in [-0.39, 0.29) is 31.2 Å². The molecule has 3 rings (SSSR count). The smallest absolute Gasteiger partial charge is 0.330 e. The number of hydrogen-bond donors (Lipinski definition) is 1. The minimum absolute atomic E-state index is 0.187. The lowest BCUT2D eigenvalue weighted by Gasteiger charge is -2.27. The van der Waals surface area contributed by atoms with Gasteiger partial charge in [-0.15, -0.1) is 0 Å². The molecule has 7 nitrogen and oxygen atoms in total. The molecule has 0 aromatic heterocycles. The van der Waals surface area contributed by atoms with Crippen molar-refractivity contribution < 1.29 is 23.9 Å². The molecule has 0 saturated heterocycles. The average molecular weight is 567 g/mol. The third kappa shape index (κ3) is 4.86. The van der Waals surface area contributed by atoms with Crippen molar-refractivity contribution in [1.82, 2.24) is 4.90 Å². The highest BCUT2D eigenvalue weighted by Crippen LogP contribution is 2.45. The maximum Gasteiger partial charge on any atom is 0.330 e. The summed E-state index contributed by atoms with van der Waals surface area (Å²) in [6, 6.07) is 3.51. The Morgan fingerprint density at radius 1 is 0.941 bits per heavy atom. The molecule has 1 atom stereocenters. The van der Waals surface area contributed by atoms with Gasteiger partial charge in [-0.2, -0.15) is 0 Å². The van der Waals surface area contributed by atoms with Crippen LogP contribution in [-0.2, 0) is 14.3 Å². The quantitative estimate of drug-likeness (QED) is 0.199. The molecule has 1 aliphatic rings. The van der Waals surface area contributed by atoms with Gasteiger partial charge in [0.25, 0.3) is 17.7 Å². The average Bonchev–Trinajstić information content (AvgIpc) is 3.02. The van der Waals surface area contributed by atoms with Gasteiger partial charge in [-0.05, 0) is 36.6 Å². The normalized spacial score (nSPS) is 13.9. The standard InChI is InChI=1S/C22H17Cl5N2O5/c1-8(2)19(22(33)34-7-12(30)28-11-5-4-10(23)6-9(11)3)29-20(31)13-14(21(29)32)16(25)18(27)17(26)15(13)24/h4-6,8,19H,7H2,1-3H3,(H,28,30)/t19-/m1/s1. The van der Waals surface area contributed by atoms with Crippen LogP contribution in [-0.4, -0.2) is 41.2 Å². The number of benzene rings is 2. The molecule has 34 heavy (non-hydrogen) atoms. The monoisotopic (exact) mass is 564 g/mol. The number of carbonyl (C=O) groups excluding carboxylic acids is 4. The number of carbonyl (C=O) groups is 4.